The second kappa shape index (κ2) is 4.56. The molecule has 0 bridgehead atoms. The number of hydrogen-bond donors (Lipinski definition) is 1. The molecule has 1 saturated heterocycles. The van der Waals surface area contributed by atoms with Gasteiger partial charge in [-0.05, 0) is 22.9 Å². The van der Waals surface area contributed by atoms with Gasteiger partial charge < -0.3 is 14.8 Å². The Labute approximate surface area is 105 Å². The van der Waals surface area contributed by atoms with Gasteiger partial charge in [-0.3, -0.25) is 0 Å². The number of carbonyl (C=O) groups is 1. The van der Waals surface area contributed by atoms with Crippen molar-refractivity contribution in [2.24, 2.45) is 0 Å². The Bertz CT molecular complexity index is 582. The highest BCUT2D eigenvalue weighted by molar-refractivity contribution is 5.83. The van der Waals surface area contributed by atoms with Gasteiger partial charge in [0.2, 0.25) is 0 Å². The van der Waals surface area contributed by atoms with Gasteiger partial charge in [0, 0.05) is 0 Å². The van der Waals surface area contributed by atoms with E-state index < -0.39 is 0 Å². The summed E-state index contributed by atoms with van der Waals surface area (Å²) in [6.45, 7) is 0.878. The normalized spacial score (nSPS) is 18.4. The van der Waals surface area contributed by atoms with Crippen LogP contribution in [0.2, 0.25) is 0 Å². The van der Waals surface area contributed by atoms with Gasteiger partial charge >= 0.3 is 6.09 Å². The first-order valence-electron chi connectivity index (χ1n) is 5.87. The monoisotopic (exact) mass is 243 g/mol. The number of nitrogens with one attached hydrogen (secondary N) is 1. The molecule has 18 heavy (non-hydrogen) atoms. The number of rotatable bonds is 3. The first kappa shape index (κ1) is 10.9. The Morgan fingerprint density at radius 2 is 2.06 bits per heavy atom. The topological polar surface area (TPSA) is 47.6 Å². The van der Waals surface area contributed by atoms with Crippen LogP contribution in [0.25, 0.3) is 10.8 Å². The van der Waals surface area contributed by atoms with Crippen LogP contribution in [0, 0.1) is 0 Å². The fourth-order valence-corrected chi connectivity index (χ4v) is 1.97. The Morgan fingerprint density at radius 1 is 1.22 bits per heavy atom. The summed E-state index contributed by atoms with van der Waals surface area (Å²) in [6, 6.07) is 14.0. The SMILES string of the molecule is O=C1NC[C@H](COc2ccc3ccccc3c2)O1. The predicted octanol–water partition coefficient (Wildman–Crippen LogP) is 2.33. The van der Waals surface area contributed by atoms with Gasteiger partial charge in [0.25, 0.3) is 0 Å². The molecule has 1 N–H and O–H groups in total. The van der Waals surface area contributed by atoms with Gasteiger partial charge in [-0.1, -0.05) is 30.3 Å². The predicted molar refractivity (Wildman–Crippen MR) is 67.7 cm³/mol. The number of amides is 1. The third-order valence-corrected chi connectivity index (χ3v) is 2.90. The van der Waals surface area contributed by atoms with Crippen molar-refractivity contribution in [3.8, 4) is 5.75 Å². The molecule has 1 heterocycles. The smallest absolute Gasteiger partial charge is 0.407 e. The minimum absolute atomic E-state index is 0.205. The van der Waals surface area contributed by atoms with E-state index in [2.05, 4.69) is 11.4 Å². The van der Waals surface area contributed by atoms with E-state index in [0.717, 1.165) is 11.1 Å². The molecule has 2 aromatic rings. The van der Waals surface area contributed by atoms with Gasteiger partial charge in [0.15, 0.2) is 6.10 Å². The Kier molecular flexibility index (Phi) is 2.76. The van der Waals surface area contributed by atoms with Crippen molar-refractivity contribution >= 4 is 16.9 Å². The molecule has 4 nitrogen and oxygen atoms in total. The van der Waals surface area contributed by atoms with Crippen molar-refractivity contribution in [2.75, 3.05) is 13.2 Å². The molecule has 1 atom stereocenters. The summed E-state index contributed by atoms with van der Waals surface area (Å²) >= 11 is 0. The molecule has 3 rings (SSSR count). The molecular weight excluding hydrogens is 230 g/mol. The highest BCUT2D eigenvalue weighted by atomic mass is 16.6. The standard InChI is InChI=1S/C14H13NO3/c16-14-15-8-13(18-14)9-17-12-6-5-10-3-1-2-4-11(10)7-12/h1-7,13H,8-9H2,(H,15,16)/t13-/m1/s1. The number of fused-ring (bicyclic) bond motifs is 1. The van der Waals surface area contributed by atoms with E-state index in [1.165, 1.54) is 5.39 Å². The largest absolute Gasteiger partial charge is 0.490 e. The van der Waals surface area contributed by atoms with Crippen molar-refractivity contribution in [1.29, 1.82) is 0 Å². The lowest BCUT2D eigenvalue weighted by Gasteiger charge is -2.10. The van der Waals surface area contributed by atoms with E-state index in [4.69, 9.17) is 9.47 Å². The van der Waals surface area contributed by atoms with Crippen LogP contribution >= 0.6 is 0 Å². The molecule has 1 amide bonds. The Hall–Kier alpha value is -2.23. The third-order valence-electron chi connectivity index (χ3n) is 2.90. The molecule has 0 saturated carbocycles. The van der Waals surface area contributed by atoms with Gasteiger partial charge in [0.1, 0.15) is 12.4 Å². The lowest BCUT2D eigenvalue weighted by Crippen LogP contribution is -2.21. The maximum Gasteiger partial charge on any atom is 0.407 e. The molecule has 0 radical (unpaired) electrons. The quantitative estimate of drug-likeness (QED) is 0.900. The molecule has 1 fully saturated rings. The minimum atomic E-state index is -0.373. The summed E-state index contributed by atoms with van der Waals surface area (Å²) in [5.41, 5.74) is 0. The van der Waals surface area contributed by atoms with E-state index in [1.807, 2.05) is 36.4 Å². The van der Waals surface area contributed by atoms with Crippen molar-refractivity contribution in [3.05, 3.63) is 42.5 Å². The number of ether oxygens (including phenoxy) is 2. The maximum absolute atomic E-state index is 10.9. The first-order valence-corrected chi connectivity index (χ1v) is 5.87. The number of alkyl carbamates (subject to hydrolysis) is 1. The van der Waals surface area contributed by atoms with Crippen LogP contribution in [0.5, 0.6) is 5.75 Å². The molecule has 4 heteroatoms. The van der Waals surface area contributed by atoms with E-state index in [-0.39, 0.29) is 12.2 Å². The Morgan fingerprint density at radius 3 is 2.83 bits per heavy atom. The second-order valence-corrected chi connectivity index (χ2v) is 4.23. The zero-order valence-corrected chi connectivity index (χ0v) is 9.76. The molecular formula is C14H13NO3. The van der Waals surface area contributed by atoms with Gasteiger partial charge in [-0.15, -0.1) is 0 Å². The number of benzene rings is 2. The lowest BCUT2D eigenvalue weighted by molar-refractivity contribution is 0.105. The highest BCUT2D eigenvalue weighted by Crippen LogP contribution is 2.20. The molecule has 2 aromatic carbocycles. The molecule has 1 aliphatic heterocycles. The van der Waals surface area contributed by atoms with Crippen molar-refractivity contribution in [3.63, 3.8) is 0 Å². The lowest BCUT2D eigenvalue weighted by atomic mass is 10.1. The molecule has 0 aliphatic carbocycles. The van der Waals surface area contributed by atoms with Crippen LogP contribution in [0.15, 0.2) is 42.5 Å². The average molecular weight is 243 g/mol. The zero-order valence-electron chi connectivity index (χ0n) is 9.76. The maximum atomic E-state index is 10.9. The van der Waals surface area contributed by atoms with E-state index in [9.17, 15) is 4.79 Å². The highest BCUT2D eigenvalue weighted by Gasteiger charge is 2.22. The van der Waals surface area contributed by atoms with Crippen molar-refractivity contribution in [2.45, 2.75) is 6.10 Å². The fourth-order valence-electron chi connectivity index (χ4n) is 1.97. The zero-order chi connectivity index (χ0) is 12.4. The van der Waals surface area contributed by atoms with Crippen LogP contribution in [-0.2, 0) is 4.74 Å². The van der Waals surface area contributed by atoms with Gasteiger partial charge in [0.05, 0.1) is 6.54 Å². The summed E-state index contributed by atoms with van der Waals surface area (Å²) in [5.74, 6) is 0.789. The molecule has 0 aromatic heterocycles. The molecule has 0 spiro atoms. The van der Waals surface area contributed by atoms with Crippen LogP contribution in [0.1, 0.15) is 0 Å². The van der Waals surface area contributed by atoms with E-state index in [0.29, 0.717) is 13.2 Å². The van der Waals surface area contributed by atoms with Crippen LogP contribution < -0.4 is 10.1 Å². The molecule has 0 unspecified atom stereocenters. The first-order chi connectivity index (χ1) is 8.81. The Balaban J connectivity index is 1.69. The van der Waals surface area contributed by atoms with Crippen LogP contribution in [0.3, 0.4) is 0 Å². The fraction of sp³-hybridized carbons (Fsp3) is 0.214. The van der Waals surface area contributed by atoms with E-state index >= 15 is 0 Å². The summed E-state index contributed by atoms with van der Waals surface area (Å²) in [4.78, 5) is 10.9. The molecule has 92 valence electrons. The van der Waals surface area contributed by atoms with Gasteiger partial charge in [-0.2, -0.15) is 0 Å². The number of hydrogen-bond acceptors (Lipinski definition) is 3. The molecule has 1 aliphatic rings. The summed E-state index contributed by atoms with van der Waals surface area (Å²) in [5, 5.41) is 4.91. The minimum Gasteiger partial charge on any atom is -0.490 e. The van der Waals surface area contributed by atoms with Gasteiger partial charge in [-0.25, -0.2) is 4.79 Å². The average Bonchev–Trinajstić information content (AvgIpc) is 2.82. The van der Waals surface area contributed by atoms with E-state index in [1.54, 1.807) is 0 Å². The third kappa shape index (κ3) is 2.22. The van der Waals surface area contributed by atoms with Crippen LogP contribution in [-0.4, -0.2) is 25.3 Å². The van der Waals surface area contributed by atoms with Crippen LogP contribution in [0.4, 0.5) is 4.79 Å². The number of carbonyl (C=O) groups excluding carboxylic acids is 1. The number of cyclic esters (lactones) is 1. The summed E-state index contributed by atoms with van der Waals surface area (Å²) in [6.07, 6.45) is -0.578. The van der Waals surface area contributed by atoms with Crippen molar-refractivity contribution in [1.82, 2.24) is 5.32 Å². The summed E-state index contributed by atoms with van der Waals surface area (Å²) < 4.78 is 10.6. The summed E-state index contributed by atoms with van der Waals surface area (Å²) in [7, 11) is 0. The van der Waals surface area contributed by atoms with Crippen molar-refractivity contribution < 1.29 is 14.3 Å². The second-order valence-electron chi connectivity index (χ2n) is 4.23.